The summed E-state index contributed by atoms with van der Waals surface area (Å²) in [5, 5.41) is 0. The van der Waals surface area contributed by atoms with Gasteiger partial charge in [-0.2, -0.15) is 0 Å². The molecule has 0 amide bonds. The highest BCUT2D eigenvalue weighted by Gasteiger charge is 2.35. The minimum Gasteiger partial charge on any atom is -0.326 e. The summed E-state index contributed by atoms with van der Waals surface area (Å²) in [4.78, 5) is 0. The van der Waals surface area contributed by atoms with Crippen molar-refractivity contribution in [3.05, 3.63) is 35.4 Å². The largest absolute Gasteiger partial charge is 0.326 e. The van der Waals surface area contributed by atoms with Gasteiger partial charge in [0.1, 0.15) is 0 Å². The fourth-order valence-corrected chi connectivity index (χ4v) is 4.40. The van der Waals surface area contributed by atoms with E-state index in [0.717, 1.165) is 11.1 Å². The summed E-state index contributed by atoms with van der Waals surface area (Å²) in [5.41, 5.74) is 7.49. The molecule has 116 valence electrons. The van der Waals surface area contributed by atoms with Crippen LogP contribution in [0.4, 0.5) is 0 Å². The molecule has 2 fully saturated rings. The first-order chi connectivity index (χ1) is 10.1. The maximum absolute atomic E-state index is 12.8. The van der Waals surface area contributed by atoms with E-state index in [1.165, 1.54) is 25.7 Å². The topological polar surface area (TPSA) is 63.4 Å². The van der Waals surface area contributed by atoms with E-state index < -0.39 is 10.0 Å². The molecule has 0 aliphatic heterocycles. The number of hydrogen-bond acceptors (Lipinski definition) is 3. The van der Waals surface area contributed by atoms with Gasteiger partial charge in [0.15, 0.2) is 0 Å². The molecule has 1 aromatic rings. The Kier molecular flexibility index (Phi) is 4.33. The van der Waals surface area contributed by atoms with Crippen molar-refractivity contribution in [1.29, 1.82) is 0 Å². The summed E-state index contributed by atoms with van der Waals surface area (Å²) in [6.07, 6.45) is 4.71. The van der Waals surface area contributed by atoms with Crippen molar-refractivity contribution in [3.63, 3.8) is 0 Å². The Labute approximate surface area is 127 Å². The standard InChI is InChI=1S/C16H24N2O2S/c17-9-15-3-1-2-4-16(15)12-21(19,20)18(10-13-5-6-13)11-14-7-8-14/h1-4,13-14H,5-12,17H2. The van der Waals surface area contributed by atoms with Crippen molar-refractivity contribution < 1.29 is 8.42 Å². The highest BCUT2D eigenvalue weighted by Crippen LogP contribution is 2.35. The van der Waals surface area contributed by atoms with Gasteiger partial charge in [-0.3, -0.25) is 0 Å². The molecule has 0 atom stereocenters. The zero-order chi connectivity index (χ0) is 14.9. The fraction of sp³-hybridized carbons (Fsp3) is 0.625. The molecule has 0 unspecified atom stereocenters. The van der Waals surface area contributed by atoms with E-state index in [1.807, 2.05) is 24.3 Å². The Morgan fingerprint density at radius 3 is 2.00 bits per heavy atom. The summed E-state index contributed by atoms with van der Waals surface area (Å²) in [7, 11) is -3.24. The molecule has 0 bridgehead atoms. The fourth-order valence-electron chi connectivity index (χ4n) is 2.66. The monoisotopic (exact) mass is 308 g/mol. The number of benzene rings is 1. The third kappa shape index (κ3) is 4.05. The Balaban J connectivity index is 1.75. The summed E-state index contributed by atoms with van der Waals surface area (Å²) < 4.78 is 27.3. The molecule has 3 rings (SSSR count). The molecule has 0 saturated heterocycles. The quantitative estimate of drug-likeness (QED) is 0.800. The van der Waals surface area contributed by atoms with E-state index in [1.54, 1.807) is 4.31 Å². The van der Waals surface area contributed by atoms with Crippen molar-refractivity contribution in [1.82, 2.24) is 4.31 Å². The molecule has 2 aliphatic rings. The summed E-state index contributed by atoms with van der Waals surface area (Å²) in [6, 6.07) is 7.59. The van der Waals surface area contributed by atoms with Crippen LogP contribution < -0.4 is 5.73 Å². The van der Waals surface area contributed by atoms with Gasteiger partial charge in [-0.1, -0.05) is 24.3 Å². The van der Waals surface area contributed by atoms with Gasteiger partial charge in [-0.15, -0.1) is 0 Å². The number of sulfonamides is 1. The average molecular weight is 308 g/mol. The SMILES string of the molecule is NCc1ccccc1CS(=O)(=O)N(CC1CC1)CC1CC1. The van der Waals surface area contributed by atoms with E-state index in [-0.39, 0.29) is 5.75 Å². The number of nitrogens with two attached hydrogens (primary N) is 1. The Bertz CT molecular complexity index is 578. The highest BCUT2D eigenvalue weighted by atomic mass is 32.2. The first-order valence-electron chi connectivity index (χ1n) is 7.83. The maximum atomic E-state index is 12.8. The Morgan fingerprint density at radius 2 is 1.52 bits per heavy atom. The third-order valence-corrected chi connectivity index (χ3v) is 6.15. The third-order valence-electron chi connectivity index (χ3n) is 4.39. The van der Waals surface area contributed by atoms with E-state index in [9.17, 15) is 8.42 Å². The normalized spacial score (nSPS) is 19.1. The molecule has 2 saturated carbocycles. The second-order valence-electron chi connectivity index (χ2n) is 6.43. The van der Waals surface area contributed by atoms with Crippen LogP contribution in [0.1, 0.15) is 36.8 Å². The van der Waals surface area contributed by atoms with Gasteiger partial charge < -0.3 is 5.73 Å². The minimum atomic E-state index is -3.24. The molecule has 21 heavy (non-hydrogen) atoms. The van der Waals surface area contributed by atoms with E-state index in [0.29, 0.717) is 31.5 Å². The van der Waals surface area contributed by atoms with Crippen LogP contribution in [0.3, 0.4) is 0 Å². The van der Waals surface area contributed by atoms with Crippen molar-refractivity contribution in [2.45, 2.75) is 38.0 Å². The molecular formula is C16H24N2O2S. The van der Waals surface area contributed by atoms with Crippen molar-refractivity contribution in [3.8, 4) is 0 Å². The van der Waals surface area contributed by atoms with Crippen molar-refractivity contribution >= 4 is 10.0 Å². The van der Waals surface area contributed by atoms with Gasteiger partial charge >= 0.3 is 0 Å². The Hall–Kier alpha value is -0.910. The number of nitrogens with zero attached hydrogens (tertiary/aromatic N) is 1. The molecule has 1 aromatic carbocycles. The van der Waals surface area contributed by atoms with Crippen LogP contribution in [0.25, 0.3) is 0 Å². The van der Waals surface area contributed by atoms with Gasteiger partial charge in [0.25, 0.3) is 0 Å². The van der Waals surface area contributed by atoms with Gasteiger partial charge in [-0.05, 0) is 48.6 Å². The lowest BCUT2D eigenvalue weighted by atomic mass is 10.1. The van der Waals surface area contributed by atoms with Crippen molar-refractivity contribution in [2.24, 2.45) is 17.6 Å². The van der Waals surface area contributed by atoms with Crippen LogP contribution in [0, 0.1) is 11.8 Å². The Morgan fingerprint density at radius 1 is 1.00 bits per heavy atom. The van der Waals surface area contributed by atoms with E-state index in [4.69, 9.17) is 5.73 Å². The lowest BCUT2D eigenvalue weighted by molar-refractivity contribution is 0.381. The molecular weight excluding hydrogens is 284 g/mol. The number of hydrogen-bond donors (Lipinski definition) is 1. The smallest absolute Gasteiger partial charge is 0.218 e. The van der Waals surface area contributed by atoms with Gasteiger partial charge in [0.05, 0.1) is 5.75 Å². The molecule has 4 nitrogen and oxygen atoms in total. The predicted octanol–water partition coefficient (Wildman–Crippen LogP) is 2.10. The summed E-state index contributed by atoms with van der Waals surface area (Å²) >= 11 is 0. The average Bonchev–Trinajstić information content (AvgIpc) is 3.33. The van der Waals surface area contributed by atoms with Crippen LogP contribution in [0.15, 0.2) is 24.3 Å². The summed E-state index contributed by atoms with van der Waals surface area (Å²) in [6.45, 7) is 1.81. The summed E-state index contributed by atoms with van der Waals surface area (Å²) in [5.74, 6) is 1.26. The van der Waals surface area contributed by atoms with Crippen molar-refractivity contribution in [2.75, 3.05) is 13.1 Å². The zero-order valence-electron chi connectivity index (χ0n) is 12.4. The van der Waals surface area contributed by atoms with Crippen LogP contribution in [0.5, 0.6) is 0 Å². The highest BCUT2D eigenvalue weighted by molar-refractivity contribution is 7.88. The van der Waals surface area contributed by atoms with Gasteiger partial charge in [0, 0.05) is 19.6 Å². The second kappa shape index (κ2) is 6.07. The van der Waals surface area contributed by atoms with Crippen LogP contribution in [-0.2, 0) is 22.3 Å². The zero-order valence-corrected chi connectivity index (χ0v) is 13.2. The van der Waals surface area contributed by atoms with Crippen LogP contribution >= 0.6 is 0 Å². The predicted molar refractivity (Wildman–Crippen MR) is 84.0 cm³/mol. The molecule has 5 heteroatoms. The maximum Gasteiger partial charge on any atom is 0.218 e. The minimum absolute atomic E-state index is 0.0831. The molecule has 0 aromatic heterocycles. The second-order valence-corrected chi connectivity index (χ2v) is 8.40. The lowest BCUT2D eigenvalue weighted by Gasteiger charge is -2.22. The number of rotatable bonds is 8. The van der Waals surface area contributed by atoms with Gasteiger partial charge in [0.2, 0.25) is 10.0 Å². The molecule has 0 spiro atoms. The first kappa shape index (κ1) is 15.0. The van der Waals surface area contributed by atoms with E-state index in [2.05, 4.69) is 0 Å². The molecule has 0 radical (unpaired) electrons. The molecule has 0 heterocycles. The van der Waals surface area contributed by atoms with Crippen LogP contribution in [-0.4, -0.2) is 25.8 Å². The first-order valence-corrected chi connectivity index (χ1v) is 9.44. The van der Waals surface area contributed by atoms with Gasteiger partial charge in [-0.25, -0.2) is 12.7 Å². The lowest BCUT2D eigenvalue weighted by Crippen LogP contribution is -2.35. The van der Waals surface area contributed by atoms with E-state index >= 15 is 0 Å². The molecule has 2 aliphatic carbocycles. The van der Waals surface area contributed by atoms with Crippen LogP contribution in [0.2, 0.25) is 0 Å². The molecule has 2 N–H and O–H groups in total.